The molecule has 0 bridgehead atoms. The van der Waals surface area contributed by atoms with Crippen molar-refractivity contribution in [2.45, 2.75) is 48.1 Å². The summed E-state index contributed by atoms with van der Waals surface area (Å²) in [5.41, 5.74) is 2.53. The number of ether oxygens (including phenoxy) is 1. The fraction of sp³-hybridized carbons (Fsp3) is 0.500. The van der Waals surface area contributed by atoms with E-state index in [0.29, 0.717) is 31.4 Å². The van der Waals surface area contributed by atoms with Crippen molar-refractivity contribution in [2.24, 2.45) is 5.92 Å². The number of aliphatic hydroxyl groups excluding tert-OH is 1. The molecule has 0 saturated carbocycles. The lowest BCUT2D eigenvalue weighted by Crippen LogP contribution is -2.45. The molecule has 5 N–H and O–H groups in total. The van der Waals surface area contributed by atoms with Crippen molar-refractivity contribution < 1.29 is 19.7 Å². The number of aldehydes is 1. The molecule has 0 amide bonds. The molecule has 7 nitrogen and oxygen atoms in total. The van der Waals surface area contributed by atoms with Gasteiger partial charge in [0, 0.05) is 24.1 Å². The van der Waals surface area contributed by atoms with Crippen molar-refractivity contribution in [3.63, 3.8) is 0 Å². The summed E-state index contributed by atoms with van der Waals surface area (Å²) in [4.78, 5) is 12.0. The molecular weight excluding hydrogens is 450 g/mol. The number of aliphatic hydroxyl groups is 1. The number of piperidine rings is 1. The molecule has 0 aliphatic carbocycles. The van der Waals surface area contributed by atoms with E-state index in [0.717, 1.165) is 55.5 Å². The van der Waals surface area contributed by atoms with Gasteiger partial charge in [0.15, 0.2) is 6.29 Å². The Labute approximate surface area is 205 Å². The molecule has 4 atom stereocenters. The van der Waals surface area contributed by atoms with E-state index in [1.54, 1.807) is 12.1 Å². The summed E-state index contributed by atoms with van der Waals surface area (Å²) in [5.74, 6) is 0.578. The lowest BCUT2D eigenvalue weighted by Gasteiger charge is -2.32. The predicted octanol–water partition coefficient (Wildman–Crippen LogP) is 3.08. The summed E-state index contributed by atoms with van der Waals surface area (Å²) in [6.45, 7) is 3.79. The molecule has 2 aliphatic rings. The third-order valence-electron chi connectivity index (χ3n) is 6.61. The van der Waals surface area contributed by atoms with Gasteiger partial charge in [0.05, 0.1) is 18.4 Å². The van der Waals surface area contributed by atoms with Crippen LogP contribution in [0.4, 0.5) is 5.69 Å². The topological polar surface area (TPSA) is 103 Å². The number of hydrogen-bond acceptors (Lipinski definition) is 8. The van der Waals surface area contributed by atoms with Crippen LogP contribution in [0, 0.1) is 5.92 Å². The maximum absolute atomic E-state index is 11.2. The lowest BCUT2D eigenvalue weighted by atomic mass is 9.89. The van der Waals surface area contributed by atoms with Crippen molar-refractivity contribution in [3.8, 4) is 5.75 Å². The van der Waals surface area contributed by atoms with Gasteiger partial charge in [0.1, 0.15) is 11.1 Å². The average molecular weight is 486 g/mol. The minimum absolute atomic E-state index is 0.0922. The van der Waals surface area contributed by atoms with Gasteiger partial charge in [-0.25, -0.2) is 0 Å². The molecule has 0 spiro atoms. The molecule has 0 aromatic heterocycles. The first-order valence-electron chi connectivity index (χ1n) is 12.1. The number of phenols is 1. The van der Waals surface area contributed by atoms with Crippen LogP contribution in [0.5, 0.6) is 5.75 Å². The molecule has 0 radical (unpaired) electrons. The number of phenolic OH excluding ortho intramolecular Hbond substituents is 1. The Kier molecular flexibility index (Phi) is 9.24. The summed E-state index contributed by atoms with van der Waals surface area (Å²) in [6, 6.07) is 13.9. The monoisotopic (exact) mass is 485 g/mol. The van der Waals surface area contributed by atoms with Gasteiger partial charge in [-0.05, 0) is 61.9 Å². The number of benzene rings is 2. The van der Waals surface area contributed by atoms with Gasteiger partial charge in [-0.3, -0.25) is 0 Å². The third kappa shape index (κ3) is 6.52. The zero-order valence-corrected chi connectivity index (χ0v) is 20.2. The molecule has 2 aromatic rings. The van der Waals surface area contributed by atoms with Gasteiger partial charge in [-0.2, -0.15) is 0 Å². The van der Waals surface area contributed by atoms with Crippen LogP contribution in [0.15, 0.2) is 47.4 Å². The predicted molar refractivity (Wildman–Crippen MR) is 135 cm³/mol. The quantitative estimate of drug-likeness (QED) is 0.178. The minimum atomic E-state index is -0.743. The van der Waals surface area contributed by atoms with E-state index in [4.69, 9.17) is 4.74 Å². The smallest absolute Gasteiger partial charge is 0.152 e. The van der Waals surface area contributed by atoms with Gasteiger partial charge < -0.3 is 35.7 Å². The first kappa shape index (κ1) is 25.0. The summed E-state index contributed by atoms with van der Waals surface area (Å²) in [6.07, 6.45) is 4.16. The van der Waals surface area contributed by atoms with E-state index in [1.807, 2.05) is 18.2 Å². The number of carbonyl (C=O) groups is 1. The number of rotatable bonds is 12. The molecule has 8 heteroatoms. The Morgan fingerprint density at radius 2 is 2.06 bits per heavy atom. The molecule has 184 valence electrons. The number of hydrogen-bond donors (Lipinski definition) is 5. The second kappa shape index (κ2) is 12.6. The highest BCUT2D eigenvalue weighted by Gasteiger charge is 2.29. The first-order chi connectivity index (χ1) is 16.7. The Hall–Kier alpha value is -2.10. The third-order valence-corrected chi connectivity index (χ3v) is 7.77. The van der Waals surface area contributed by atoms with Crippen LogP contribution in [-0.2, 0) is 16.0 Å². The van der Waals surface area contributed by atoms with E-state index in [9.17, 15) is 15.0 Å². The number of aromatic hydroxyl groups is 1. The van der Waals surface area contributed by atoms with E-state index in [-0.39, 0.29) is 11.8 Å². The standard InChI is InChI=1S/C26H35N3O4S/c30-17-24-29-25-22(31)9-8-20(26(25)34-24)23(32)16-28-21(19-7-4-12-27-15-19)11-14-33-13-10-18-5-2-1-3-6-18/h1-3,5-6,8-9,17,19,21,23-24,27-29,31-32H,4,7,10-16H2/t19-,21?,23+,24?/m1/s1. The molecule has 2 aromatic carbocycles. The van der Waals surface area contributed by atoms with Crippen molar-refractivity contribution in [1.29, 1.82) is 0 Å². The number of anilines is 1. The fourth-order valence-electron chi connectivity index (χ4n) is 4.72. The zero-order valence-electron chi connectivity index (χ0n) is 19.4. The molecule has 2 unspecified atom stereocenters. The zero-order chi connectivity index (χ0) is 23.8. The lowest BCUT2D eigenvalue weighted by molar-refractivity contribution is -0.107. The molecule has 2 heterocycles. The van der Waals surface area contributed by atoms with E-state index in [2.05, 4.69) is 28.1 Å². The van der Waals surface area contributed by atoms with Gasteiger partial charge >= 0.3 is 0 Å². The SMILES string of the molecule is O=CC1Nc2c(O)ccc([C@@H](O)CNC(CCOCCc3ccccc3)[C@@H]3CCCNC3)c2S1. The van der Waals surface area contributed by atoms with Gasteiger partial charge in [0.25, 0.3) is 0 Å². The number of nitrogens with one attached hydrogen (secondary N) is 3. The number of thioether (sulfide) groups is 1. The summed E-state index contributed by atoms with van der Waals surface area (Å²) in [7, 11) is 0. The van der Waals surface area contributed by atoms with Crippen molar-refractivity contribution in [3.05, 3.63) is 53.6 Å². The fourth-order valence-corrected chi connectivity index (χ4v) is 5.83. The molecule has 2 aliphatic heterocycles. The molecule has 4 rings (SSSR count). The number of fused-ring (bicyclic) bond motifs is 1. The van der Waals surface area contributed by atoms with Crippen LogP contribution < -0.4 is 16.0 Å². The molecular formula is C26H35N3O4S. The second-order valence-corrected chi connectivity index (χ2v) is 10.1. The Morgan fingerprint density at radius 3 is 2.82 bits per heavy atom. The minimum Gasteiger partial charge on any atom is -0.506 e. The summed E-state index contributed by atoms with van der Waals surface area (Å²) >= 11 is 1.33. The normalized spacial score (nSPS) is 21.4. The van der Waals surface area contributed by atoms with Crippen LogP contribution in [0.25, 0.3) is 0 Å². The van der Waals surface area contributed by atoms with E-state index < -0.39 is 11.5 Å². The van der Waals surface area contributed by atoms with Crippen LogP contribution in [0.2, 0.25) is 0 Å². The Balaban J connectivity index is 1.32. The molecule has 34 heavy (non-hydrogen) atoms. The molecule has 1 fully saturated rings. The average Bonchev–Trinajstić information content (AvgIpc) is 3.32. The van der Waals surface area contributed by atoms with Crippen LogP contribution in [-0.4, -0.2) is 60.8 Å². The first-order valence-corrected chi connectivity index (χ1v) is 13.0. The van der Waals surface area contributed by atoms with Crippen LogP contribution >= 0.6 is 11.8 Å². The van der Waals surface area contributed by atoms with Gasteiger partial charge in [-0.15, -0.1) is 0 Å². The maximum Gasteiger partial charge on any atom is 0.152 e. The largest absolute Gasteiger partial charge is 0.506 e. The van der Waals surface area contributed by atoms with Crippen molar-refractivity contribution >= 4 is 23.7 Å². The highest BCUT2D eigenvalue weighted by Crippen LogP contribution is 2.46. The van der Waals surface area contributed by atoms with E-state index >= 15 is 0 Å². The number of carbonyl (C=O) groups excluding carboxylic acids is 1. The Bertz CT molecular complexity index is 924. The summed E-state index contributed by atoms with van der Waals surface area (Å²) in [5, 5.41) is 30.8. The summed E-state index contributed by atoms with van der Waals surface area (Å²) < 4.78 is 5.95. The highest BCUT2D eigenvalue weighted by atomic mass is 32.2. The molecule has 1 saturated heterocycles. The van der Waals surface area contributed by atoms with Crippen molar-refractivity contribution in [2.75, 3.05) is 38.2 Å². The van der Waals surface area contributed by atoms with Gasteiger partial charge in [0.2, 0.25) is 0 Å². The van der Waals surface area contributed by atoms with Crippen molar-refractivity contribution in [1.82, 2.24) is 10.6 Å². The highest BCUT2D eigenvalue weighted by molar-refractivity contribution is 8.01. The second-order valence-electron chi connectivity index (χ2n) is 8.97. The Morgan fingerprint density at radius 1 is 1.21 bits per heavy atom. The van der Waals surface area contributed by atoms with Gasteiger partial charge in [-0.1, -0.05) is 48.2 Å². The van der Waals surface area contributed by atoms with Crippen LogP contribution in [0.3, 0.4) is 0 Å². The maximum atomic E-state index is 11.2. The van der Waals surface area contributed by atoms with Crippen LogP contribution in [0.1, 0.15) is 36.5 Å². The van der Waals surface area contributed by atoms with E-state index in [1.165, 1.54) is 17.3 Å².